The third-order valence-corrected chi connectivity index (χ3v) is 3.52. The molecule has 6 nitrogen and oxygen atoms in total. The zero-order valence-corrected chi connectivity index (χ0v) is 14.9. The van der Waals surface area contributed by atoms with Gasteiger partial charge in [0.2, 0.25) is 0 Å². The van der Waals surface area contributed by atoms with Crippen molar-refractivity contribution in [3.8, 4) is 11.5 Å². The maximum absolute atomic E-state index is 13.5. The van der Waals surface area contributed by atoms with Crippen LogP contribution >= 0.6 is 11.6 Å². The summed E-state index contributed by atoms with van der Waals surface area (Å²) in [5.41, 5.74) is -0.0112. The van der Waals surface area contributed by atoms with Crippen molar-refractivity contribution in [1.82, 2.24) is 0 Å². The summed E-state index contributed by atoms with van der Waals surface area (Å²) >= 11 is 6.04. The molecule has 0 unspecified atom stereocenters. The number of halogens is 4. The maximum atomic E-state index is 13.5. The van der Waals surface area contributed by atoms with Crippen LogP contribution in [0.1, 0.15) is 5.56 Å². The van der Waals surface area contributed by atoms with Crippen LogP contribution in [0.2, 0.25) is 5.02 Å². The quantitative estimate of drug-likeness (QED) is 0.435. The van der Waals surface area contributed by atoms with E-state index >= 15 is 0 Å². The smallest absolute Gasteiger partial charge is 0.265 e. The Balaban J connectivity index is 1.95. The van der Waals surface area contributed by atoms with E-state index < -0.39 is 35.7 Å². The van der Waals surface area contributed by atoms with Gasteiger partial charge in [0.15, 0.2) is 35.6 Å². The van der Waals surface area contributed by atoms with Gasteiger partial charge in [-0.05, 0) is 24.3 Å². The topological polar surface area (TPSA) is 69.2 Å². The third-order valence-electron chi connectivity index (χ3n) is 3.24. The van der Waals surface area contributed by atoms with Gasteiger partial charge in [0.25, 0.3) is 5.91 Å². The molecule has 0 aliphatic carbocycles. The molecule has 144 valence electrons. The lowest BCUT2D eigenvalue weighted by molar-refractivity contribution is -0.120. The van der Waals surface area contributed by atoms with Gasteiger partial charge in [0, 0.05) is 5.56 Å². The number of amides is 1. The SMILES string of the molecule is COc1cc(/C=N\OCC(=O)Nc2ccc(F)c(F)c2F)cc(Cl)c1OC. The van der Waals surface area contributed by atoms with E-state index in [1.54, 1.807) is 6.07 Å². The summed E-state index contributed by atoms with van der Waals surface area (Å²) in [5.74, 6) is -4.64. The van der Waals surface area contributed by atoms with Crippen LogP contribution < -0.4 is 14.8 Å². The van der Waals surface area contributed by atoms with Crippen LogP contribution in [0.3, 0.4) is 0 Å². The second-order valence-electron chi connectivity index (χ2n) is 5.02. The van der Waals surface area contributed by atoms with Crippen LogP contribution in [0.4, 0.5) is 18.9 Å². The predicted octanol–water partition coefficient (Wildman–Crippen LogP) is 3.76. The fraction of sp³-hybridized carbons (Fsp3) is 0.176. The van der Waals surface area contributed by atoms with Crippen molar-refractivity contribution in [2.24, 2.45) is 5.16 Å². The van der Waals surface area contributed by atoms with Gasteiger partial charge in [0.05, 0.1) is 31.1 Å². The minimum absolute atomic E-state index is 0.282. The maximum Gasteiger partial charge on any atom is 0.265 e. The number of carbonyl (C=O) groups is 1. The number of rotatable bonds is 7. The first-order chi connectivity index (χ1) is 12.9. The predicted molar refractivity (Wildman–Crippen MR) is 93.0 cm³/mol. The molecule has 0 saturated carbocycles. The molecule has 1 N–H and O–H groups in total. The standard InChI is InChI=1S/C17H14ClF3N2O4/c1-25-13-6-9(5-10(18)17(13)26-2)7-22-27-8-14(24)23-12-4-3-11(19)15(20)16(12)21/h3-7H,8H2,1-2H3,(H,23,24)/b22-7-. The minimum Gasteiger partial charge on any atom is -0.493 e. The lowest BCUT2D eigenvalue weighted by atomic mass is 10.2. The van der Waals surface area contributed by atoms with Crippen LogP contribution in [-0.4, -0.2) is 32.9 Å². The Labute approximate surface area is 157 Å². The summed E-state index contributed by atoms with van der Waals surface area (Å²) in [6.45, 7) is -0.587. The molecule has 0 radical (unpaired) electrons. The number of oxime groups is 1. The first-order valence-electron chi connectivity index (χ1n) is 7.37. The highest BCUT2D eigenvalue weighted by atomic mass is 35.5. The van der Waals surface area contributed by atoms with E-state index in [1.165, 1.54) is 26.5 Å². The van der Waals surface area contributed by atoms with Gasteiger partial charge in [-0.15, -0.1) is 0 Å². The van der Waals surface area contributed by atoms with Crippen molar-refractivity contribution in [1.29, 1.82) is 0 Å². The second-order valence-corrected chi connectivity index (χ2v) is 5.42. The van der Waals surface area contributed by atoms with Crippen LogP contribution in [0.25, 0.3) is 0 Å². The summed E-state index contributed by atoms with van der Waals surface area (Å²) in [6.07, 6.45) is 1.26. The Bertz CT molecular complexity index is 878. The largest absolute Gasteiger partial charge is 0.493 e. The Morgan fingerprint density at radius 1 is 1.19 bits per heavy atom. The summed E-state index contributed by atoms with van der Waals surface area (Å²) in [7, 11) is 2.88. The van der Waals surface area contributed by atoms with Crippen molar-refractivity contribution in [2.45, 2.75) is 0 Å². The normalized spacial score (nSPS) is 10.7. The fourth-order valence-corrected chi connectivity index (χ4v) is 2.31. The highest BCUT2D eigenvalue weighted by Gasteiger charge is 2.15. The highest BCUT2D eigenvalue weighted by molar-refractivity contribution is 6.32. The number of nitrogens with one attached hydrogen (secondary N) is 1. The number of methoxy groups -OCH3 is 2. The summed E-state index contributed by atoms with van der Waals surface area (Å²) < 4.78 is 49.6. The van der Waals surface area contributed by atoms with E-state index in [1.807, 2.05) is 5.32 Å². The molecule has 1 amide bonds. The zero-order valence-electron chi connectivity index (χ0n) is 14.2. The molecule has 0 heterocycles. The van der Waals surface area contributed by atoms with E-state index in [2.05, 4.69) is 5.16 Å². The number of ether oxygens (including phenoxy) is 2. The van der Waals surface area contributed by atoms with Gasteiger partial charge in [-0.2, -0.15) is 0 Å². The first-order valence-corrected chi connectivity index (χ1v) is 7.75. The molecule has 0 aliphatic heterocycles. The molecule has 0 aromatic heterocycles. The molecule has 2 aromatic carbocycles. The molecular weight excluding hydrogens is 389 g/mol. The Kier molecular flexibility index (Phi) is 6.89. The van der Waals surface area contributed by atoms with Gasteiger partial charge in [-0.1, -0.05) is 16.8 Å². The molecule has 10 heteroatoms. The number of nitrogens with zero attached hydrogens (tertiary/aromatic N) is 1. The van der Waals surface area contributed by atoms with E-state index in [0.29, 0.717) is 23.1 Å². The fourth-order valence-electron chi connectivity index (χ4n) is 2.02. The molecule has 27 heavy (non-hydrogen) atoms. The first kappa shape index (κ1) is 20.4. The Hall–Kier alpha value is -2.94. The minimum atomic E-state index is -1.68. The summed E-state index contributed by atoms with van der Waals surface area (Å²) in [4.78, 5) is 16.4. The van der Waals surface area contributed by atoms with Crippen molar-refractivity contribution in [3.05, 3.63) is 52.3 Å². The molecular formula is C17H14ClF3N2O4. The molecule has 0 atom stereocenters. The van der Waals surface area contributed by atoms with Gasteiger partial charge < -0.3 is 19.6 Å². The van der Waals surface area contributed by atoms with Crippen LogP contribution in [0.15, 0.2) is 29.4 Å². The lowest BCUT2D eigenvalue weighted by Crippen LogP contribution is -2.18. The van der Waals surface area contributed by atoms with Gasteiger partial charge in [-0.3, -0.25) is 4.79 Å². The Morgan fingerprint density at radius 2 is 1.93 bits per heavy atom. The van der Waals surface area contributed by atoms with Gasteiger partial charge >= 0.3 is 0 Å². The third kappa shape index (κ3) is 5.04. The lowest BCUT2D eigenvalue weighted by Gasteiger charge is -2.09. The molecule has 0 fully saturated rings. The zero-order chi connectivity index (χ0) is 20.0. The van der Waals surface area contributed by atoms with Gasteiger partial charge in [0.1, 0.15) is 0 Å². The monoisotopic (exact) mass is 402 g/mol. The Morgan fingerprint density at radius 3 is 2.59 bits per heavy atom. The van der Waals surface area contributed by atoms with Crippen molar-refractivity contribution >= 4 is 29.4 Å². The van der Waals surface area contributed by atoms with Crippen LogP contribution in [0.5, 0.6) is 11.5 Å². The van der Waals surface area contributed by atoms with Gasteiger partial charge in [-0.25, -0.2) is 13.2 Å². The average molecular weight is 403 g/mol. The summed E-state index contributed by atoms with van der Waals surface area (Å²) in [6, 6.07) is 4.69. The van der Waals surface area contributed by atoms with E-state index in [0.717, 1.165) is 6.07 Å². The molecule has 0 bridgehead atoms. The molecule has 0 saturated heterocycles. The number of anilines is 1. The number of carbonyl (C=O) groups excluding carboxylic acids is 1. The van der Waals surface area contributed by atoms with Crippen molar-refractivity contribution in [3.63, 3.8) is 0 Å². The summed E-state index contributed by atoms with van der Waals surface area (Å²) in [5, 5.41) is 5.91. The highest BCUT2D eigenvalue weighted by Crippen LogP contribution is 2.35. The number of benzene rings is 2. The number of hydrogen-bond donors (Lipinski definition) is 1. The average Bonchev–Trinajstić information content (AvgIpc) is 2.65. The van der Waals surface area contributed by atoms with Crippen LogP contribution in [0, 0.1) is 17.5 Å². The number of hydrogen-bond acceptors (Lipinski definition) is 5. The molecule has 2 rings (SSSR count). The second kappa shape index (κ2) is 9.13. The molecule has 0 aliphatic rings. The van der Waals surface area contributed by atoms with Crippen LogP contribution in [-0.2, 0) is 9.63 Å². The van der Waals surface area contributed by atoms with E-state index in [-0.39, 0.29) is 5.02 Å². The van der Waals surface area contributed by atoms with E-state index in [4.69, 9.17) is 25.9 Å². The molecule has 2 aromatic rings. The van der Waals surface area contributed by atoms with Crippen molar-refractivity contribution in [2.75, 3.05) is 26.1 Å². The van der Waals surface area contributed by atoms with E-state index in [9.17, 15) is 18.0 Å². The molecule has 0 spiro atoms. The van der Waals surface area contributed by atoms with Crippen molar-refractivity contribution < 1.29 is 32.3 Å².